The third kappa shape index (κ3) is 3.20. The number of benzene rings is 2. The molecule has 0 bridgehead atoms. The number of nitrogens with zero attached hydrogens (tertiary/aromatic N) is 1. The van der Waals surface area contributed by atoms with Gasteiger partial charge in [-0.25, -0.2) is 0 Å². The van der Waals surface area contributed by atoms with Gasteiger partial charge in [0.05, 0.1) is 25.5 Å². The van der Waals surface area contributed by atoms with Gasteiger partial charge in [-0.1, -0.05) is 23.2 Å². The Balaban J connectivity index is 1.50. The predicted molar refractivity (Wildman–Crippen MR) is 103 cm³/mol. The molecule has 1 fully saturated rings. The van der Waals surface area contributed by atoms with E-state index >= 15 is 0 Å². The van der Waals surface area contributed by atoms with Crippen molar-refractivity contribution in [1.29, 1.82) is 0 Å². The first-order chi connectivity index (χ1) is 13.0. The quantitative estimate of drug-likeness (QED) is 0.728. The van der Waals surface area contributed by atoms with Gasteiger partial charge in [-0.2, -0.15) is 0 Å². The van der Waals surface area contributed by atoms with Crippen LogP contribution in [0, 0.1) is 13.8 Å². The van der Waals surface area contributed by atoms with Crippen LogP contribution in [0.4, 0.5) is 5.69 Å². The molecule has 0 unspecified atom stereocenters. The number of fused-ring (bicyclic) bond motifs is 2. The van der Waals surface area contributed by atoms with Gasteiger partial charge in [0.25, 0.3) is 11.7 Å². The van der Waals surface area contributed by atoms with E-state index < -0.39 is 5.79 Å². The second-order valence-corrected chi connectivity index (χ2v) is 7.34. The zero-order chi connectivity index (χ0) is 19.0. The number of hydrogen-bond acceptors (Lipinski definition) is 4. The summed E-state index contributed by atoms with van der Waals surface area (Å²) in [6, 6.07) is 11.3. The van der Waals surface area contributed by atoms with E-state index in [9.17, 15) is 4.79 Å². The average molecular weight is 388 g/mol. The van der Waals surface area contributed by atoms with Gasteiger partial charge < -0.3 is 19.1 Å². The molecular weight excluding hydrogens is 366 g/mol. The minimum atomic E-state index is -1.27. The van der Waals surface area contributed by atoms with Crippen molar-refractivity contribution in [2.24, 2.45) is 0 Å². The summed E-state index contributed by atoms with van der Waals surface area (Å²) >= 11 is 5.88. The molecule has 0 aliphatic carbocycles. The molecular formula is C21H22ClNO4. The number of carbonyl (C=O) groups is 1. The van der Waals surface area contributed by atoms with Gasteiger partial charge in [0.15, 0.2) is 0 Å². The molecule has 6 heteroatoms. The number of carbonyl (C=O) groups excluding carboxylic acids is 1. The van der Waals surface area contributed by atoms with Gasteiger partial charge >= 0.3 is 0 Å². The van der Waals surface area contributed by atoms with E-state index in [-0.39, 0.29) is 5.91 Å². The molecule has 27 heavy (non-hydrogen) atoms. The highest BCUT2D eigenvalue weighted by Crippen LogP contribution is 2.47. The largest absolute Gasteiger partial charge is 0.494 e. The highest BCUT2D eigenvalue weighted by molar-refractivity contribution is 6.30. The summed E-state index contributed by atoms with van der Waals surface area (Å²) in [6.07, 6.45) is 0.692. The van der Waals surface area contributed by atoms with Gasteiger partial charge in [-0.3, -0.25) is 4.79 Å². The second-order valence-electron chi connectivity index (χ2n) is 6.90. The lowest BCUT2D eigenvalue weighted by Crippen LogP contribution is -2.41. The van der Waals surface area contributed by atoms with Gasteiger partial charge in [-0.15, -0.1) is 0 Å². The first kappa shape index (κ1) is 18.3. The van der Waals surface area contributed by atoms with Crippen LogP contribution < -0.4 is 9.64 Å². The Bertz CT molecular complexity index is 859. The number of halogens is 1. The van der Waals surface area contributed by atoms with E-state index in [0.717, 1.165) is 28.1 Å². The predicted octanol–water partition coefficient (Wildman–Crippen LogP) is 3.97. The summed E-state index contributed by atoms with van der Waals surface area (Å²) in [5.74, 6) is -0.656. The number of anilines is 1. The third-order valence-corrected chi connectivity index (χ3v) is 5.15. The molecule has 142 valence electrons. The molecule has 0 saturated carbocycles. The topological polar surface area (TPSA) is 48.0 Å². The van der Waals surface area contributed by atoms with Crippen LogP contribution in [0.15, 0.2) is 36.4 Å². The highest BCUT2D eigenvalue weighted by Gasteiger charge is 2.56. The molecule has 2 aromatic rings. The number of hydrogen-bond donors (Lipinski definition) is 0. The molecule has 2 heterocycles. The first-order valence-corrected chi connectivity index (χ1v) is 9.49. The lowest BCUT2D eigenvalue weighted by atomic mass is 10.0. The SMILES string of the molecule is Cc1cc(C)c2c(c1)C1(OCCO1)C(=O)N2CCCOc1ccc(Cl)cc1. The molecule has 1 amide bonds. The van der Waals surface area contributed by atoms with Gasteiger partial charge in [0.2, 0.25) is 0 Å². The molecule has 2 aromatic carbocycles. The molecule has 0 radical (unpaired) electrons. The van der Waals surface area contributed by atoms with Crippen LogP contribution in [0.25, 0.3) is 0 Å². The fourth-order valence-electron chi connectivity index (χ4n) is 3.81. The minimum Gasteiger partial charge on any atom is -0.494 e. The molecule has 2 aliphatic heterocycles. The molecule has 1 spiro atoms. The maximum Gasteiger partial charge on any atom is 0.292 e. The molecule has 5 nitrogen and oxygen atoms in total. The van der Waals surface area contributed by atoms with E-state index in [0.29, 0.717) is 37.8 Å². The van der Waals surface area contributed by atoms with Crippen LogP contribution in [0.5, 0.6) is 5.75 Å². The van der Waals surface area contributed by atoms with Crippen molar-refractivity contribution >= 4 is 23.2 Å². The lowest BCUT2D eigenvalue weighted by Gasteiger charge is -2.22. The standard InChI is InChI=1S/C21H22ClNO4/c1-14-12-15(2)19-18(13-14)21(26-10-11-27-21)20(24)23(19)8-3-9-25-17-6-4-16(22)5-7-17/h4-7,12-13H,3,8-11H2,1-2H3. The minimum absolute atomic E-state index is 0.143. The first-order valence-electron chi connectivity index (χ1n) is 9.11. The number of ether oxygens (including phenoxy) is 3. The molecule has 1 saturated heterocycles. The Labute approximate surface area is 163 Å². The summed E-state index contributed by atoms with van der Waals surface area (Å²) in [4.78, 5) is 15.0. The molecule has 0 aromatic heterocycles. The van der Waals surface area contributed by atoms with E-state index in [4.69, 9.17) is 25.8 Å². The van der Waals surface area contributed by atoms with Crippen LogP contribution in [0.1, 0.15) is 23.1 Å². The fraction of sp³-hybridized carbons (Fsp3) is 0.381. The van der Waals surface area contributed by atoms with Crippen LogP contribution in [0.3, 0.4) is 0 Å². The molecule has 2 aliphatic rings. The Kier molecular flexibility index (Phi) is 4.84. The van der Waals surface area contributed by atoms with Crippen molar-refractivity contribution in [3.63, 3.8) is 0 Å². The number of aryl methyl sites for hydroxylation is 2. The maximum atomic E-state index is 13.2. The van der Waals surface area contributed by atoms with E-state index in [1.165, 1.54) is 0 Å². The van der Waals surface area contributed by atoms with E-state index in [1.54, 1.807) is 17.0 Å². The van der Waals surface area contributed by atoms with E-state index in [1.807, 2.05) is 32.0 Å². The maximum absolute atomic E-state index is 13.2. The summed E-state index contributed by atoms with van der Waals surface area (Å²) in [5, 5.41) is 0.675. The average Bonchev–Trinajstić information content (AvgIpc) is 3.21. The van der Waals surface area contributed by atoms with Crippen molar-refractivity contribution in [2.75, 3.05) is 31.3 Å². The summed E-state index contributed by atoms with van der Waals surface area (Å²) in [6.45, 7) is 5.92. The Morgan fingerprint density at radius 3 is 2.56 bits per heavy atom. The van der Waals surface area contributed by atoms with E-state index in [2.05, 4.69) is 6.07 Å². The van der Waals surface area contributed by atoms with Crippen molar-refractivity contribution < 1.29 is 19.0 Å². The molecule has 0 atom stereocenters. The summed E-state index contributed by atoms with van der Waals surface area (Å²) in [7, 11) is 0. The Morgan fingerprint density at radius 1 is 1.15 bits per heavy atom. The van der Waals surface area contributed by atoms with Crippen LogP contribution in [-0.2, 0) is 20.1 Å². The zero-order valence-corrected chi connectivity index (χ0v) is 16.2. The van der Waals surface area contributed by atoms with Gasteiger partial charge in [0.1, 0.15) is 5.75 Å². The van der Waals surface area contributed by atoms with Gasteiger partial charge in [0, 0.05) is 17.1 Å². The van der Waals surface area contributed by atoms with Crippen molar-refractivity contribution in [1.82, 2.24) is 0 Å². The number of rotatable bonds is 5. The Hall–Kier alpha value is -2.08. The van der Waals surface area contributed by atoms with Crippen LogP contribution in [0.2, 0.25) is 5.02 Å². The highest BCUT2D eigenvalue weighted by atomic mass is 35.5. The lowest BCUT2D eigenvalue weighted by molar-refractivity contribution is -0.180. The second kappa shape index (κ2) is 7.15. The summed E-state index contributed by atoms with van der Waals surface area (Å²) in [5.41, 5.74) is 3.86. The van der Waals surface area contributed by atoms with Gasteiger partial charge in [-0.05, 0) is 56.2 Å². The molecule has 4 rings (SSSR count). The van der Waals surface area contributed by atoms with Crippen LogP contribution in [-0.4, -0.2) is 32.3 Å². The summed E-state index contributed by atoms with van der Waals surface area (Å²) < 4.78 is 17.4. The van der Waals surface area contributed by atoms with Crippen molar-refractivity contribution in [3.05, 3.63) is 58.1 Å². The van der Waals surface area contributed by atoms with Crippen molar-refractivity contribution in [3.8, 4) is 5.75 Å². The Morgan fingerprint density at radius 2 is 1.85 bits per heavy atom. The number of amides is 1. The third-order valence-electron chi connectivity index (χ3n) is 4.90. The van der Waals surface area contributed by atoms with Crippen LogP contribution >= 0.6 is 11.6 Å². The smallest absolute Gasteiger partial charge is 0.292 e. The zero-order valence-electron chi connectivity index (χ0n) is 15.5. The fourth-order valence-corrected chi connectivity index (χ4v) is 3.94. The van der Waals surface area contributed by atoms with Crippen molar-refractivity contribution in [2.45, 2.75) is 26.1 Å². The monoisotopic (exact) mass is 387 g/mol. The normalized spacial score (nSPS) is 17.6. The molecule has 0 N–H and O–H groups in total.